The first-order valence-corrected chi connectivity index (χ1v) is 6.72. The minimum atomic E-state index is 0. The van der Waals surface area contributed by atoms with E-state index >= 15 is 0 Å². The fraction of sp³-hybridized carbons (Fsp3) is 0.571. The molecule has 0 heterocycles. The van der Waals surface area contributed by atoms with Gasteiger partial charge in [-0.3, -0.25) is 0 Å². The molecule has 1 rings (SSSR count). The van der Waals surface area contributed by atoms with E-state index in [9.17, 15) is 0 Å². The van der Waals surface area contributed by atoms with E-state index in [0.717, 1.165) is 0 Å². The number of aryl methyl sites for hydroxylation is 2. The summed E-state index contributed by atoms with van der Waals surface area (Å²) in [5, 5.41) is 1.34. The molecule has 0 saturated carbocycles. The molecule has 1 aromatic rings. The van der Waals surface area contributed by atoms with Gasteiger partial charge in [0.25, 0.3) is 0 Å². The SMILES string of the molecule is CCCCc1cc(P)cc(CCCC)c1.[Pd]. The summed E-state index contributed by atoms with van der Waals surface area (Å²) < 4.78 is 0. The van der Waals surface area contributed by atoms with Crippen molar-refractivity contribution >= 4 is 14.5 Å². The van der Waals surface area contributed by atoms with E-state index < -0.39 is 0 Å². The average Bonchev–Trinajstić information content (AvgIpc) is 2.23. The summed E-state index contributed by atoms with van der Waals surface area (Å²) in [6, 6.07) is 6.99. The van der Waals surface area contributed by atoms with Gasteiger partial charge in [0.1, 0.15) is 0 Å². The van der Waals surface area contributed by atoms with Crippen LogP contribution in [0.2, 0.25) is 0 Å². The molecule has 0 nitrogen and oxygen atoms in total. The maximum atomic E-state index is 2.83. The second-order valence-corrected chi connectivity index (χ2v) is 4.96. The van der Waals surface area contributed by atoms with Gasteiger partial charge < -0.3 is 0 Å². The molecular formula is C14H23PPd. The number of unbranched alkanes of at least 4 members (excludes halogenated alkanes) is 2. The molecule has 0 N–H and O–H groups in total. The molecular weight excluding hydrogens is 306 g/mol. The third-order valence-corrected chi connectivity index (χ3v) is 3.05. The van der Waals surface area contributed by atoms with Gasteiger partial charge in [0.15, 0.2) is 0 Å². The topological polar surface area (TPSA) is 0 Å². The summed E-state index contributed by atoms with van der Waals surface area (Å²) in [5.41, 5.74) is 3.02. The van der Waals surface area contributed by atoms with Gasteiger partial charge in [-0.05, 0) is 42.1 Å². The molecule has 0 aromatic heterocycles. The van der Waals surface area contributed by atoms with E-state index in [4.69, 9.17) is 0 Å². The van der Waals surface area contributed by atoms with E-state index in [1.165, 1.54) is 55.0 Å². The van der Waals surface area contributed by atoms with Gasteiger partial charge in [-0.15, -0.1) is 9.24 Å². The van der Waals surface area contributed by atoms with E-state index in [0.29, 0.717) is 0 Å². The Kier molecular flexibility index (Phi) is 9.54. The molecule has 0 aliphatic heterocycles. The zero-order valence-electron chi connectivity index (χ0n) is 10.4. The molecule has 0 spiro atoms. The minimum Gasteiger partial charge on any atom is -0.106 e. The molecule has 0 bridgehead atoms. The van der Waals surface area contributed by atoms with Crippen molar-refractivity contribution in [2.75, 3.05) is 0 Å². The van der Waals surface area contributed by atoms with Gasteiger partial charge >= 0.3 is 0 Å². The first-order chi connectivity index (χ1) is 7.26. The Morgan fingerprint density at radius 2 is 1.31 bits per heavy atom. The van der Waals surface area contributed by atoms with Crippen molar-refractivity contribution in [2.24, 2.45) is 0 Å². The predicted molar refractivity (Wildman–Crippen MR) is 73.0 cm³/mol. The third kappa shape index (κ3) is 6.15. The Balaban J connectivity index is 0.00000225. The second kappa shape index (κ2) is 9.35. The standard InChI is InChI=1S/C14H23P.Pd/c1-3-5-7-12-9-13(8-6-4-2)11-14(15)10-12;/h9-11H,3-8,15H2,1-2H3;. The van der Waals surface area contributed by atoms with Crippen LogP contribution in [-0.4, -0.2) is 0 Å². The van der Waals surface area contributed by atoms with Crippen molar-refractivity contribution in [3.8, 4) is 0 Å². The molecule has 0 aliphatic carbocycles. The summed E-state index contributed by atoms with van der Waals surface area (Å²) in [4.78, 5) is 0. The minimum absolute atomic E-state index is 0. The van der Waals surface area contributed by atoms with E-state index in [-0.39, 0.29) is 20.4 Å². The summed E-state index contributed by atoms with van der Waals surface area (Å²) in [5.74, 6) is 0. The fourth-order valence-corrected chi connectivity index (χ4v) is 2.27. The van der Waals surface area contributed by atoms with Crippen LogP contribution >= 0.6 is 9.24 Å². The van der Waals surface area contributed by atoms with Crippen LogP contribution in [-0.2, 0) is 33.3 Å². The van der Waals surface area contributed by atoms with Crippen molar-refractivity contribution in [1.29, 1.82) is 0 Å². The van der Waals surface area contributed by atoms with Crippen LogP contribution in [0.4, 0.5) is 0 Å². The predicted octanol–water partition coefficient (Wildman–Crippen LogP) is 3.87. The second-order valence-electron chi connectivity index (χ2n) is 4.29. The average molecular weight is 329 g/mol. The van der Waals surface area contributed by atoms with Crippen molar-refractivity contribution in [1.82, 2.24) is 0 Å². The first-order valence-electron chi connectivity index (χ1n) is 6.14. The zero-order chi connectivity index (χ0) is 11.1. The Morgan fingerprint density at radius 3 is 1.69 bits per heavy atom. The quantitative estimate of drug-likeness (QED) is 0.549. The van der Waals surface area contributed by atoms with Crippen LogP contribution in [0, 0.1) is 0 Å². The van der Waals surface area contributed by atoms with E-state index in [1.54, 1.807) is 0 Å². The van der Waals surface area contributed by atoms with E-state index in [2.05, 4.69) is 41.3 Å². The molecule has 1 atom stereocenters. The molecule has 0 radical (unpaired) electrons. The van der Waals surface area contributed by atoms with Crippen molar-refractivity contribution in [3.05, 3.63) is 29.3 Å². The van der Waals surface area contributed by atoms with Crippen LogP contribution in [0.25, 0.3) is 0 Å². The Morgan fingerprint density at radius 1 is 0.875 bits per heavy atom. The summed E-state index contributed by atoms with van der Waals surface area (Å²) in [7, 11) is 2.83. The Hall–Kier alpha value is 0.312. The van der Waals surface area contributed by atoms with Crippen LogP contribution in [0.15, 0.2) is 18.2 Å². The molecule has 16 heavy (non-hydrogen) atoms. The maximum absolute atomic E-state index is 2.83. The van der Waals surface area contributed by atoms with Crippen molar-refractivity contribution < 1.29 is 20.4 Å². The van der Waals surface area contributed by atoms with Crippen molar-refractivity contribution in [3.63, 3.8) is 0 Å². The largest absolute Gasteiger partial charge is 0.106 e. The number of benzene rings is 1. The number of hydrogen-bond donors (Lipinski definition) is 0. The van der Waals surface area contributed by atoms with Gasteiger partial charge in [0, 0.05) is 20.4 Å². The summed E-state index contributed by atoms with van der Waals surface area (Å²) >= 11 is 0. The van der Waals surface area contributed by atoms with Crippen LogP contribution < -0.4 is 5.30 Å². The molecule has 0 fully saturated rings. The zero-order valence-corrected chi connectivity index (χ0v) is 13.1. The Bertz CT molecular complexity index is 271. The Labute approximate surface area is 116 Å². The first kappa shape index (κ1) is 16.3. The molecule has 0 amide bonds. The van der Waals surface area contributed by atoms with Crippen LogP contribution in [0.5, 0.6) is 0 Å². The molecule has 2 heteroatoms. The number of hydrogen-bond acceptors (Lipinski definition) is 0. The normalized spacial score (nSPS) is 9.94. The van der Waals surface area contributed by atoms with Gasteiger partial charge in [-0.2, -0.15) is 0 Å². The summed E-state index contributed by atoms with van der Waals surface area (Å²) in [6.45, 7) is 4.51. The van der Waals surface area contributed by atoms with Crippen molar-refractivity contribution in [2.45, 2.75) is 52.4 Å². The molecule has 0 aliphatic rings. The van der Waals surface area contributed by atoms with Gasteiger partial charge in [-0.25, -0.2) is 0 Å². The summed E-state index contributed by atoms with van der Waals surface area (Å²) in [6.07, 6.45) is 7.65. The van der Waals surface area contributed by atoms with E-state index in [1.807, 2.05) is 0 Å². The molecule has 1 aromatic carbocycles. The third-order valence-electron chi connectivity index (χ3n) is 2.71. The molecule has 94 valence electrons. The number of rotatable bonds is 6. The van der Waals surface area contributed by atoms with Crippen LogP contribution in [0.3, 0.4) is 0 Å². The van der Waals surface area contributed by atoms with Gasteiger partial charge in [-0.1, -0.05) is 44.9 Å². The van der Waals surface area contributed by atoms with Gasteiger partial charge in [0.05, 0.1) is 0 Å². The van der Waals surface area contributed by atoms with Gasteiger partial charge in [0.2, 0.25) is 0 Å². The monoisotopic (exact) mass is 328 g/mol. The fourth-order valence-electron chi connectivity index (χ4n) is 1.84. The maximum Gasteiger partial charge on any atom is 0 e. The van der Waals surface area contributed by atoms with Crippen LogP contribution in [0.1, 0.15) is 50.7 Å². The smallest absolute Gasteiger partial charge is 0 e. The molecule has 1 unspecified atom stereocenters. The molecule has 0 saturated heterocycles.